The van der Waals surface area contributed by atoms with E-state index in [4.69, 9.17) is 5.11 Å². The van der Waals surface area contributed by atoms with E-state index in [1.165, 1.54) is 6.92 Å². The molecule has 1 aliphatic carbocycles. The number of allylic oxidation sites excluding steroid dienone is 2. The van der Waals surface area contributed by atoms with Crippen LogP contribution in [0.4, 0.5) is 0 Å². The van der Waals surface area contributed by atoms with Gasteiger partial charge in [-0.2, -0.15) is 0 Å². The second-order valence-corrected chi connectivity index (χ2v) is 3.98. The van der Waals surface area contributed by atoms with Crippen LogP contribution < -0.4 is 5.32 Å². The Balaban J connectivity index is 2.37. The number of carboxylic acids is 1. The molecule has 2 N–H and O–H groups in total. The van der Waals surface area contributed by atoms with Gasteiger partial charge < -0.3 is 10.0 Å². The van der Waals surface area contributed by atoms with Crippen LogP contribution in [-0.2, 0) is 9.59 Å². The Bertz CT molecular complexity index is 312. The summed E-state index contributed by atoms with van der Waals surface area (Å²) >= 11 is 0. The van der Waals surface area contributed by atoms with Gasteiger partial charge in [-0.15, -0.1) is 0 Å². The van der Waals surface area contributed by atoms with Gasteiger partial charge in [-0.25, -0.2) is 0 Å². The number of likely N-dealkylation sites (N-methyl/N-ethyl adjacent to an activating group) is 1. The number of rotatable bonds is 5. The van der Waals surface area contributed by atoms with Crippen LogP contribution in [0.15, 0.2) is 11.8 Å². The van der Waals surface area contributed by atoms with Gasteiger partial charge in [-0.05, 0) is 26.2 Å². The van der Waals surface area contributed by atoms with Gasteiger partial charge in [0.1, 0.15) is 6.04 Å². The maximum absolute atomic E-state index is 11.7. The van der Waals surface area contributed by atoms with Gasteiger partial charge in [0.25, 0.3) is 0 Å². The molecule has 0 aromatic heterocycles. The fourth-order valence-corrected chi connectivity index (χ4v) is 1.57. The predicted octanol–water partition coefficient (Wildman–Crippen LogP) is 0.575. The Morgan fingerprint density at radius 3 is 2.81 bits per heavy atom. The van der Waals surface area contributed by atoms with Gasteiger partial charge in [0.15, 0.2) is 0 Å². The minimum atomic E-state index is -0.949. The summed E-state index contributed by atoms with van der Waals surface area (Å²) in [4.78, 5) is 23.8. The number of hydrogen-bond acceptors (Lipinski definition) is 3. The monoisotopic (exact) mass is 226 g/mol. The van der Waals surface area contributed by atoms with Crippen LogP contribution in [0.5, 0.6) is 0 Å². The number of amides is 1. The zero-order valence-corrected chi connectivity index (χ0v) is 9.69. The molecular weight excluding hydrogens is 208 g/mol. The number of carbonyl (C=O) groups is 2. The van der Waals surface area contributed by atoms with Crippen LogP contribution in [0.2, 0.25) is 0 Å². The van der Waals surface area contributed by atoms with E-state index in [0.717, 1.165) is 25.0 Å². The van der Waals surface area contributed by atoms with E-state index in [1.54, 1.807) is 11.9 Å². The van der Waals surface area contributed by atoms with Gasteiger partial charge in [0.05, 0.1) is 6.54 Å². The first-order chi connectivity index (χ1) is 7.52. The lowest BCUT2D eigenvalue weighted by Gasteiger charge is -2.19. The standard InChI is InChI=1S/C11H18N2O3/c1-8(11(15)16)12-7-10(14)13(2)9-5-3-4-6-9/h5,8,12H,3-4,6-7H2,1-2H3,(H,15,16)/t8-/m0/s1. The van der Waals surface area contributed by atoms with Crippen LogP contribution in [0, 0.1) is 0 Å². The highest BCUT2D eigenvalue weighted by Gasteiger charge is 2.17. The highest BCUT2D eigenvalue weighted by Crippen LogP contribution is 2.19. The Hall–Kier alpha value is -1.36. The Morgan fingerprint density at radius 1 is 1.62 bits per heavy atom. The molecule has 90 valence electrons. The van der Waals surface area contributed by atoms with Crippen LogP contribution in [0.1, 0.15) is 26.2 Å². The van der Waals surface area contributed by atoms with E-state index in [-0.39, 0.29) is 12.5 Å². The molecule has 0 radical (unpaired) electrons. The largest absolute Gasteiger partial charge is 0.480 e. The smallest absolute Gasteiger partial charge is 0.320 e. The Morgan fingerprint density at radius 2 is 2.31 bits per heavy atom. The maximum atomic E-state index is 11.7. The third-order valence-electron chi connectivity index (χ3n) is 2.75. The Labute approximate surface area is 95.1 Å². The molecule has 0 heterocycles. The van der Waals surface area contributed by atoms with E-state index in [9.17, 15) is 9.59 Å². The van der Waals surface area contributed by atoms with Crippen molar-refractivity contribution in [1.29, 1.82) is 0 Å². The predicted molar refractivity (Wildman–Crippen MR) is 59.8 cm³/mol. The van der Waals surface area contributed by atoms with Crippen molar-refractivity contribution < 1.29 is 14.7 Å². The summed E-state index contributed by atoms with van der Waals surface area (Å²) in [7, 11) is 1.73. The van der Waals surface area contributed by atoms with Gasteiger partial charge in [-0.1, -0.05) is 6.08 Å². The van der Waals surface area contributed by atoms with Crippen molar-refractivity contribution in [2.75, 3.05) is 13.6 Å². The third kappa shape index (κ3) is 3.34. The van der Waals surface area contributed by atoms with Crippen molar-refractivity contribution in [2.45, 2.75) is 32.2 Å². The fraction of sp³-hybridized carbons (Fsp3) is 0.636. The van der Waals surface area contributed by atoms with Gasteiger partial charge in [0.2, 0.25) is 5.91 Å². The van der Waals surface area contributed by atoms with Crippen molar-refractivity contribution >= 4 is 11.9 Å². The molecule has 1 aliphatic rings. The molecule has 0 unspecified atom stereocenters. The van der Waals surface area contributed by atoms with Gasteiger partial charge in [-0.3, -0.25) is 14.9 Å². The minimum Gasteiger partial charge on any atom is -0.480 e. The summed E-state index contributed by atoms with van der Waals surface area (Å²) in [5, 5.41) is 11.3. The first-order valence-electron chi connectivity index (χ1n) is 5.44. The number of carboxylic acid groups (broad SMARTS) is 1. The molecule has 0 fully saturated rings. The second-order valence-electron chi connectivity index (χ2n) is 3.98. The van der Waals surface area contributed by atoms with Crippen molar-refractivity contribution in [3.05, 3.63) is 11.8 Å². The average Bonchev–Trinajstić information content (AvgIpc) is 2.77. The molecule has 1 amide bonds. The van der Waals surface area contributed by atoms with E-state index in [0.29, 0.717) is 0 Å². The first kappa shape index (κ1) is 12.7. The number of hydrogen-bond donors (Lipinski definition) is 2. The lowest BCUT2D eigenvalue weighted by atomic mass is 10.3. The van der Waals surface area contributed by atoms with E-state index < -0.39 is 12.0 Å². The molecule has 1 atom stereocenters. The summed E-state index contributed by atoms with van der Waals surface area (Å²) in [6.07, 6.45) is 5.09. The zero-order valence-electron chi connectivity index (χ0n) is 9.69. The van der Waals surface area contributed by atoms with E-state index in [2.05, 4.69) is 11.4 Å². The molecule has 0 aliphatic heterocycles. The molecular formula is C11H18N2O3. The maximum Gasteiger partial charge on any atom is 0.320 e. The summed E-state index contributed by atoms with van der Waals surface area (Å²) in [5.74, 6) is -1.04. The number of aliphatic carboxylic acids is 1. The fourth-order valence-electron chi connectivity index (χ4n) is 1.57. The van der Waals surface area contributed by atoms with Crippen molar-refractivity contribution in [3.63, 3.8) is 0 Å². The topological polar surface area (TPSA) is 69.6 Å². The summed E-state index contributed by atoms with van der Waals surface area (Å²) in [5.41, 5.74) is 1.04. The molecule has 0 aromatic rings. The SMILES string of the molecule is C[C@H](NCC(=O)N(C)C1=CCCC1)C(=O)O. The van der Waals surface area contributed by atoms with Gasteiger partial charge in [0, 0.05) is 12.7 Å². The Kier molecular flexibility index (Phi) is 4.49. The molecule has 0 saturated heterocycles. The second kappa shape index (κ2) is 5.65. The van der Waals surface area contributed by atoms with Crippen LogP contribution >= 0.6 is 0 Å². The minimum absolute atomic E-state index is 0.0569. The van der Waals surface area contributed by atoms with Crippen molar-refractivity contribution in [1.82, 2.24) is 10.2 Å². The zero-order chi connectivity index (χ0) is 12.1. The first-order valence-corrected chi connectivity index (χ1v) is 5.44. The van der Waals surface area contributed by atoms with Crippen LogP contribution in [-0.4, -0.2) is 41.5 Å². The molecule has 0 spiro atoms. The van der Waals surface area contributed by atoms with Crippen molar-refractivity contribution in [2.24, 2.45) is 0 Å². The highest BCUT2D eigenvalue weighted by atomic mass is 16.4. The number of nitrogens with one attached hydrogen (secondary N) is 1. The summed E-state index contributed by atoms with van der Waals surface area (Å²) in [6.45, 7) is 1.58. The quantitative estimate of drug-likeness (QED) is 0.719. The highest BCUT2D eigenvalue weighted by molar-refractivity contribution is 5.81. The molecule has 5 nitrogen and oxygen atoms in total. The molecule has 0 saturated carbocycles. The average molecular weight is 226 g/mol. The molecule has 0 aromatic carbocycles. The third-order valence-corrected chi connectivity index (χ3v) is 2.75. The van der Waals surface area contributed by atoms with Crippen LogP contribution in [0.25, 0.3) is 0 Å². The molecule has 0 bridgehead atoms. The van der Waals surface area contributed by atoms with E-state index >= 15 is 0 Å². The lowest BCUT2D eigenvalue weighted by molar-refractivity contribution is -0.139. The summed E-state index contributed by atoms with van der Waals surface area (Å²) < 4.78 is 0. The van der Waals surface area contributed by atoms with Crippen molar-refractivity contribution in [3.8, 4) is 0 Å². The number of carbonyl (C=O) groups excluding carboxylic acids is 1. The molecule has 16 heavy (non-hydrogen) atoms. The van der Waals surface area contributed by atoms with Crippen LogP contribution in [0.3, 0.4) is 0 Å². The lowest BCUT2D eigenvalue weighted by Crippen LogP contribution is -2.41. The normalized spacial score (nSPS) is 16.8. The summed E-state index contributed by atoms with van der Waals surface area (Å²) in [6, 6.07) is -0.699. The van der Waals surface area contributed by atoms with E-state index in [1.807, 2.05) is 0 Å². The number of nitrogens with zero attached hydrogens (tertiary/aromatic N) is 1. The molecule has 1 rings (SSSR count). The van der Waals surface area contributed by atoms with Gasteiger partial charge >= 0.3 is 5.97 Å². The molecule has 5 heteroatoms.